The molecule has 1 aromatic heterocycles. The lowest BCUT2D eigenvalue weighted by molar-refractivity contribution is 0.341. The summed E-state index contributed by atoms with van der Waals surface area (Å²) in [7, 11) is 0. The highest BCUT2D eigenvalue weighted by Crippen LogP contribution is 2.22. The second-order valence-electron chi connectivity index (χ2n) is 4.11. The molecular formula is C11H18N2S. The summed E-state index contributed by atoms with van der Waals surface area (Å²) in [6, 6.07) is 0. The largest absolute Gasteiger partial charge is 0.311 e. The molecule has 3 heteroatoms. The Labute approximate surface area is 89.8 Å². The number of aromatic nitrogens is 1. The zero-order valence-electron chi connectivity index (χ0n) is 8.54. The van der Waals surface area contributed by atoms with Gasteiger partial charge in [0.25, 0.3) is 0 Å². The van der Waals surface area contributed by atoms with E-state index in [9.17, 15) is 0 Å². The Balaban J connectivity index is 1.62. The SMILES string of the molecule is c1nc(CNCC2CCCCC2)cs1. The van der Waals surface area contributed by atoms with Crippen molar-refractivity contribution < 1.29 is 0 Å². The standard InChI is InChI=1S/C11H18N2S/c1-2-4-10(5-3-1)6-12-7-11-8-14-9-13-11/h8-10,12H,1-7H2. The van der Waals surface area contributed by atoms with E-state index in [4.69, 9.17) is 0 Å². The summed E-state index contributed by atoms with van der Waals surface area (Å²) in [6.45, 7) is 2.12. The van der Waals surface area contributed by atoms with E-state index in [0.717, 1.165) is 12.5 Å². The van der Waals surface area contributed by atoms with Crippen LogP contribution in [0.1, 0.15) is 37.8 Å². The molecule has 0 spiro atoms. The predicted molar refractivity (Wildman–Crippen MR) is 60.4 cm³/mol. The third-order valence-corrected chi connectivity index (χ3v) is 3.58. The number of rotatable bonds is 4. The van der Waals surface area contributed by atoms with Crippen molar-refractivity contribution in [3.05, 3.63) is 16.6 Å². The van der Waals surface area contributed by atoms with Crippen LogP contribution < -0.4 is 5.32 Å². The van der Waals surface area contributed by atoms with Gasteiger partial charge in [-0.3, -0.25) is 0 Å². The number of hydrogen-bond acceptors (Lipinski definition) is 3. The summed E-state index contributed by atoms with van der Waals surface area (Å²) in [5.74, 6) is 0.919. The summed E-state index contributed by atoms with van der Waals surface area (Å²) < 4.78 is 0. The summed E-state index contributed by atoms with van der Waals surface area (Å²) in [6.07, 6.45) is 7.16. The molecule has 0 atom stereocenters. The Bertz CT molecular complexity index is 240. The van der Waals surface area contributed by atoms with E-state index in [2.05, 4.69) is 15.7 Å². The molecule has 0 bridgehead atoms. The highest BCUT2D eigenvalue weighted by molar-refractivity contribution is 7.07. The molecule has 0 radical (unpaired) electrons. The topological polar surface area (TPSA) is 24.9 Å². The Morgan fingerprint density at radius 2 is 2.21 bits per heavy atom. The van der Waals surface area contributed by atoms with E-state index in [1.165, 1.54) is 44.3 Å². The quantitative estimate of drug-likeness (QED) is 0.826. The average Bonchev–Trinajstić information content (AvgIpc) is 2.72. The molecule has 1 fully saturated rings. The smallest absolute Gasteiger partial charge is 0.0795 e. The van der Waals surface area contributed by atoms with Crippen LogP contribution in [-0.4, -0.2) is 11.5 Å². The molecule has 78 valence electrons. The van der Waals surface area contributed by atoms with E-state index in [-0.39, 0.29) is 0 Å². The fraction of sp³-hybridized carbons (Fsp3) is 0.727. The molecule has 1 aliphatic carbocycles. The second-order valence-corrected chi connectivity index (χ2v) is 4.83. The monoisotopic (exact) mass is 210 g/mol. The lowest BCUT2D eigenvalue weighted by Gasteiger charge is -2.21. The number of nitrogens with zero attached hydrogens (tertiary/aromatic N) is 1. The Morgan fingerprint density at radius 1 is 1.36 bits per heavy atom. The van der Waals surface area contributed by atoms with Crippen LogP contribution in [0.25, 0.3) is 0 Å². The van der Waals surface area contributed by atoms with Crippen molar-refractivity contribution in [1.29, 1.82) is 0 Å². The summed E-state index contributed by atoms with van der Waals surface area (Å²) >= 11 is 1.67. The Morgan fingerprint density at radius 3 is 2.93 bits per heavy atom. The van der Waals surface area contributed by atoms with Crippen molar-refractivity contribution in [2.24, 2.45) is 5.92 Å². The van der Waals surface area contributed by atoms with Crippen LogP contribution in [-0.2, 0) is 6.54 Å². The molecule has 1 saturated carbocycles. The van der Waals surface area contributed by atoms with Crippen molar-refractivity contribution in [2.45, 2.75) is 38.6 Å². The van der Waals surface area contributed by atoms with Gasteiger partial charge in [0, 0.05) is 11.9 Å². The molecule has 2 rings (SSSR count). The van der Waals surface area contributed by atoms with E-state index in [1.807, 2.05) is 5.51 Å². The van der Waals surface area contributed by atoms with Crippen LogP contribution in [0.4, 0.5) is 0 Å². The minimum atomic E-state index is 0.919. The Kier molecular flexibility index (Phi) is 3.95. The maximum absolute atomic E-state index is 4.25. The number of thiazole rings is 1. The van der Waals surface area contributed by atoms with E-state index in [0.29, 0.717) is 0 Å². The molecule has 0 amide bonds. The van der Waals surface area contributed by atoms with Crippen molar-refractivity contribution in [2.75, 3.05) is 6.54 Å². The van der Waals surface area contributed by atoms with Gasteiger partial charge in [0.2, 0.25) is 0 Å². The van der Waals surface area contributed by atoms with Crippen molar-refractivity contribution in [3.8, 4) is 0 Å². The first kappa shape index (κ1) is 10.1. The maximum Gasteiger partial charge on any atom is 0.0795 e. The molecule has 0 aromatic carbocycles. The van der Waals surface area contributed by atoms with Gasteiger partial charge >= 0.3 is 0 Å². The lowest BCUT2D eigenvalue weighted by atomic mass is 9.89. The number of hydrogen-bond donors (Lipinski definition) is 1. The molecule has 0 unspecified atom stereocenters. The predicted octanol–water partition coefficient (Wildman–Crippen LogP) is 2.81. The van der Waals surface area contributed by atoms with Crippen LogP contribution in [0.5, 0.6) is 0 Å². The average molecular weight is 210 g/mol. The second kappa shape index (κ2) is 5.47. The van der Waals surface area contributed by atoms with Gasteiger partial charge in [-0.15, -0.1) is 11.3 Å². The third-order valence-electron chi connectivity index (χ3n) is 2.95. The normalized spacial score (nSPS) is 18.6. The molecule has 0 aliphatic heterocycles. The molecular weight excluding hydrogens is 192 g/mol. The van der Waals surface area contributed by atoms with E-state index >= 15 is 0 Å². The van der Waals surface area contributed by atoms with Crippen LogP contribution in [0.15, 0.2) is 10.9 Å². The molecule has 1 aromatic rings. The van der Waals surface area contributed by atoms with Gasteiger partial charge < -0.3 is 5.32 Å². The van der Waals surface area contributed by atoms with Crippen LogP contribution in [0.2, 0.25) is 0 Å². The summed E-state index contributed by atoms with van der Waals surface area (Å²) in [4.78, 5) is 4.25. The fourth-order valence-corrected chi connectivity index (χ4v) is 2.68. The van der Waals surface area contributed by atoms with Crippen molar-refractivity contribution in [1.82, 2.24) is 10.3 Å². The zero-order valence-corrected chi connectivity index (χ0v) is 9.35. The van der Waals surface area contributed by atoms with Gasteiger partial charge in [0.05, 0.1) is 11.2 Å². The third kappa shape index (κ3) is 3.07. The first-order valence-corrected chi connectivity index (χ1v) is 6.47. The minimum Gasteiger partial charge on any atom is -0.311 e. The summed E-state index contributed by atoms with van der Waals surface area (Å²) in [5.41, 5.74) is 3.09. The van der Waals surface area contributed by atoms with E-state index in [1.54, 1.807) is 11.3 Å². The lowest BCUT2D eigenvalue weighted by Crippen LogP contribution is -2.24. The zero-order chi connectivity index (χ0) is 9.64. The van der Waals surface area contributed by atoms with Gasteiger partial charge in [-0.1, -0.05) is 19.3 Å². The molecule has 1 heterocycles. The first-order chi connectivity index (χ1) is 6.95. The van der Waals surface area contributed by atoms with Crippen molar-refractivity contribution in [3.63, 3.8) is 0 Å². The van der Waals surface area contributed by atoms with Crippen LogP contribution in [0.3, 0.4) is 0 Å². The molecule has 2 nitrogen and oxygen atoms in total. The van der Waals surface area contributed by atoms with E-state index < -0.39 is 0 Å². The molecule has 0 saturated heterocycles. The molecule has 1 N–H and O–H groups in total. The van der Waals surface area contributed by atoms with Gasteiger partial charge in [-0.05, 0) is 25.3 Å². The van der Waals surface area contributed by atoms with Crippen molar-refractivity contribution >= 4 is 11.3 Å². The minimum absolute atomic E-state index is 0.919. The fourth-order valence-electron chi connectivity index (χ4n) is 2.12. The van der Waals surface area contributed by atoms with Gasteiger partial charge in [0.1, 0.15) is 0 Å². The van der Waals surface area contributed by atoms with Gasteiger partial charge in [-0.25, -0.2) is 4.98 Å². The highest BCUT2D eigenvalue weighted by atomic mass is 32.1. The number of nitrogens with one attached hydrogen (secondary N) is 1. The molecule has 1 aliphatic rings. The maximum atomic E-state index is 4.25. The van der Waals surface area contributed by atoms with Crippen LogP contribution in [0, 0.1) is 5.92 Å². The summed E-state index contributed by atoms with van der Waals surface area (Å²) in [5, 5.41) is 5.62. The van der Waals surface area contributed by atoms with Gasteiger partial charge in [-0.2, -0.15) is 0 Å². The Hall–Kier alpha value is -0.410. The highest BCUT2D eigenvalue weighted by Gasteiger charge is 2.12. The first-order valence-electron chi connectivity index (χ1n) is 5.53. The van der Waals surface area contributed by atoms with Crippen LogP contribution >= 0.6 is 11.3 Å². The molecule has 14 heavy (non-hydrogen) atoms. The van der Waals surface area contributed by atoms with Gasteiger partial charge in [0.15, 0.2) is 0 Å².